The van der Waals surface area contributed by atoms with Gasteiger partial charge >= 0.3 is 0 Å². The summed E-state index contributed by atoms with van der Waals surface area (Å²) in [6.07, 6.45) is 1.59. The molecule has 1 fully saturated rings. The Hall–Kier alpha value is -1.18. The Morgan fingerprint density at radius 3 is 2.67 bits per heavy atom. The molecule has 21 heavy (non-hydrogen) atoms. The Morgan fingerprint density at radius 1 is 1.33 bits per heavy atom. The molecule has 1 aliphatic heterocycles. The molecule has 1 atom stereocenters. The molecule has 0 bridgehead atoms. The monoisotopic (exact) mass is 370 g/mol. The molecule has 2 heterocycles. The highest BCUT2D eigenvalue weighted by Gasteiger charge is 2.37. The summed E-state index contributed by atoms with van der Waals surface area (Å²) >= 11 is 3.32. The Bertz CT molecular complexity index is 740. The normalized spacial score (nSPS) is 20.0. The van der Waals surface area contributed by atoms with Crippen molar-refractivity contribution >= 4 is 26.0 Å². The van der Waals surface area contributed by atoms with Crippen LogP contribution in [0.25, 0.3) is 0 Å². The molecule has 0 saturated carbocycles. The Kier molecular flexibility index (Phi) is 3.90. The lowest BCUT2D eigenvalue weighted by molar-refractivity contribution is 0.349. The zero-order valence-electron chi connectivity index (χ0n) is 11.5. The van der Waals surface area contributed by atoms with Crippen LogP contribution in [0.1, 0.15) is 30.3 Å². The number of aryl methyl sites for hydroxylation is 1. The minimum Gasteiger partial charge on any atom is -0.361 e. The van der Waals surface area contributed by atoms with Crippen molar-refractivity contribution in [2.75, 3.05) is 6.54 Å². The van der Waals surface area contributed by atoms with E-state index in [1.807, 2.05) is 0 Å². The van der Waals surface area contributed by atoms with Gasteiger partial charge in [0.15, 0.2) is 0 Å². The van der Waals surface area contributed by atoms with Crippen LogP contribution in [0.4, 0.5) is 0 Å². The first-order chi connectivity index (χ1) is 9.98. The molecule has 2 aromatic rings. The second-order valence-corrected chi connectivity index (χ2v) is 7.90. The minimum atomic E-state index is -3.51. The molecule has 0 spiro atoms. The molecule has 112 valence electrons. The zero-order valence-corrected chi connectivity index (χ0v) is 13.9. The van der Waals surface area contributed by atoms with E-state index in [4.69, 9.17) is 4.52 Å². The van der Waals surface area contributed by atoms with E-state index in [1.165, 1.54) is 4.31 Å². The summed E-state index contributed by atoms with van der Waals surface area (Å²) in [7, 11) is -3.51. The summed E-state index contributed by atoms with van der Waals surface area (Å²) in [6, 6.07) is 8.26. The van der Waals surface area contributed by atoms with Crippen molar-refractivity contribution in [3.05, 3.63) is 46.3 Å². The van der Waals surface area contributed by atoms with E-state index < -0.39 is 10.0 Å². The zero-order chi connectivity index (χ0) is 15.0. The predicted molar refractivity (Wildman–Crippen MR) is 81.2 cm³/mol. The first kappa shape index (κ1) is 14.7. The van der Waals surface area contributed by atoms with Crippen LogP contribution in [0.3, 0.4) is 0 Å². The van der Waals surface area contributed by atoms with Gasteiger partial charge < -0.3 is 4.52 Å². The van der Waals surface area contributed by atoms with Gasteiger partial charge in [-0.25, -0.2) is 8.42 Å². The van der Waals surface area contributed by atoms with Gasteiger partial charge in [-0.05, 0) is 44.0 Å². The van der Waals surface area contributed by atoms with E-state index in [2.05, 4.69) is 21.1 Å². The molecule has 0 N–H and O–H groups in total. The van der Waals surface area contributed by atoms with E-state index in [0.717, 1.165) is 17.3 Å². The van der Waals surface area contributed by atoms with Crippen LogP contribution in [-0.4, -0.2) is 24.4 Å². The topological polar surface area (TPSA) is 63.4 Å². The van der Waals surface area contributed by atoms with E-state index in [1.54, 1.807) is 37.3 Å². The third-order valence-corrected chi connectivity index (χ3v) is 6.06. The number of hydrogen-bond acceptors (Lipinski definition) is 4. The number of sulfonamides is 1. The van der Waals surface area contributed by atoms with Gasteiger partial charge in [-0.1, -0.05) is 21.1 Å². The van der Waals surface area contributed by atoms with Gasteiger partial charge in [0.25, 0.3) is 0 Å². The van der Waals surface area contributed by atoms with E-state index >= 15 is 0 Å². The van der Waals surface area contributed by atoms with Crippen LogP contribution in [0.2, 0.25) is 0 Å². The van der Waals surface area contributed by atoms with Gasteiger partial charge in [0, 0.05) is 17.1 Å². The van der Waals surface area contributed by atoms with Gasteiger partial charge in [0.1, 0.15) is 11.5 Å². The van der Waals surface area contributed by atoms with Crippen LogP contribution in [0.5, 0.6) is 0 Å². The second kappa shape index (κ2) is 5.55. The molecule has 1 aromatic heterocycles. The molecular weight excluding hydrogens is 356 g/mol. The highest BCUT2D eigenvalue weighted by Crippen LogP contribution is 2.36. The van der Waals surface area contributed by atoms with E-state index in [-0.39, 0.29) is 6.04 Å². The van der Waals surface area contributed by atoms with Crippen molar-refractivity contribution in [2.45, 2.75) is 30.7 Å². The van der Waals surface area contributed by atoms with Crippen molar-refractivity contribution in [3.63, 3.8) is 0 Å². The van der Waals surface area contributed by atoms with Gasteiger partial charge in [0.05, 0.1) is 10.9 Å². The lowest BCUT2D eigenvalue weighted by Gasteiger charge is -2.22. The van der Waals surface area contributed by atoms with Crippen LogP contribution in [-0.2, 0) is 10.0 Å². The maximum Gasteiger partial charge on any atom is 0.243 e. The van der Waals surface area contributed by atoms with Gasteiger partial charge in [-0.15, -0.1) is 0 Å². The lowest BCUT2D eigenvalue weighted by Crippen LogP contribution is -2.30. The Balaban J connectivity index is 1.96. The van der Waals surface area contributed by atoms with Crippen molar-refractivity contribution in [1.82, 2.24) is 9.46 Å². The molecule has 1 saturated heterocycles. The number of rotatable bonds is 3. The van der Waals surface area contributed by atoms with Crippen molar-refractivity contribution in [1.29, 1.82) is 0 Å². The molecule has 1 unspecified atom stereocenters. The molecule has 3 rings (SSSR count). The quantitative estimate of drug-likeness (QED) is 0.831. The fourth-order valence-corrected chi connectivity index (χ4v) is 4.54. The molecule has 1 aliphatic rings. The molecule has 0 aliphatic carbocycles. The highest BCUT2D eigenvalue weighted by molar-refractivity contribution is 9.10. The average molecular weight is 371 g/mol. The largest absolute Gasteiger partial charge is 0.361 e. The first-order valence-corrected chi connectivity index (χ1v) is 8.92. The first-order valence-electron chi connectivity index (χ1n) is 6.69. The fraction of sp³-hybridized carbons (Fsp3) is 0.357. The van der Waals surface area contributed by atoms with Crippen molar-refractivity contribution in [3.8, 4) is 0 Å². The summed E-state index contributed by atoms with van der Waals surface area (Å²) < 4.78 is 33.0. The average Bonchev–Trinajstić information content (AvgIpc) is 3.07. The number of hydrogen-bond donors (Lipinski definition) is 0. The standard InChI is InChI=1S/C14H15BrN2O3S/c1-10-9-13(16-20-10)14-3-2-8-17(14)21(18,19)12-6-4-11(15)5-7-12/h4-7,9,14H,2-3,8H2,1H3. The maximum atomic E-state index is 12.8. The predicted octanol–water partition coefficient (Wildman–Crippen LogP) is 3.27. The Labute approximate surface area is 132 Å². The van der Waals surface area contributed by atoms with Gasteiger partial charge in [0.2, 0.25) is 10.0 Å². The third-order valence-electron chi connectivity index (χ3n) is 3.61. The van der Waals surface area contributed by atoms with E-state index in [0.29, 0.717) is 22.9 Å². The lowest BCUT2D eigenvalue weighted by atomic mass is 10.1. The van der Waals surface area contributed by atoms with Crippen molar-refractivity contribution < 1.29 is 12.9 Å². The van der Waals surface area contributed by atoms with Gasteiger partial charge in [-0.2, -0.15) is 4.31 Å². The summed E-state index contributed by atoms with van der Waals surface area (Å²) in [6.45, 7) is 2.31. The molecule has 0 amide bonds. The van der Waals surface area contributed by atoms with Crippen LogP contribution < -0.4 is 0 Å². The number of aromatic nitrogens is 1. The molecule has 5 nitrogen and oxygen atoms in total. The third kappa shape index (κ3) is 2.77. The summed E-state index contributed by atoms with van der Waals surface area (Å²) in [5.74, 6) is 0.692. The van der Waals surface area contributed by atoms with Crippen LogP contribution >= 0.6 is 15.9 Å². The maximum absolute atomic E-state index is 12.8. The minimum absolute atomic E-state index is 0.240. The number of nitrogens with zero attached hydrogens (tertiary/aromatic N) is 2. The van der Waals surface area contributed by atoms with Crippen LogP contribution in [0, 0.1) is 6.92 Å². The number of benzene rings is 1. The van der Waals surface area contributed by atoms with Crippen molar-refractivity contribution in [2.24, 2.45) is 0 Å². The summed E-state index contributed by atoms with van der Waals surface area (Å²) in [4.78, 5) is 0.304. The highest BCUT2D eigenvalue weighted by atomic mass is 79.9. The van der Waals surface area contributed by atoms with Crippen LogP contribution in [0.15, 0.2) is 44.2 Å². The smallest absolute Gasteiger partial charge is 0.243 e. The van der Waals surface area contributed by atoms with E-state index in [9.17, 15) is 8.42 Å². The molecule has 1 aromatic carbocycles. The number of halogens is 1. The SMILES string of the molecule is Cc1cc(C2CCCN2S(=O)(=O)c2ccc(Br)cc2)no1. The molecule has 0 radical (unpaired) electrons. The summed E-state index contributed by atoms with van der Waals surface area (Å²) in [5.41, 5.74) is 0.686. The molecule has 7 heteroatoms. The summed E-state index contributed by atoms with van der Waals surface area (Å²) in [5, 5.41) is 3.98. The van der Waals surface area contributed by atoms with Gasteiger partial charge in [-0.3, -0.25) is 0 Å². The second-order valence-electron chi connectivity index (χ2n) is 5.09. The fourth-order valence-electron chi connectivity index (χ4n) is 2.61. The molecular formula is C14H15BrN2O3S. The Morgan fingerprint density at radius 2 is 2.05 bits per heavy atom.